The van der Waals surface area contributed by atoms with Crippen molar-refractivity contribution in [3.63, 3.8) is 0 Å². The average molecular weight is 223 g/mol. The van der Waals surface area contributed by atoms with Gasteiger partial charge in [0.05, 0.1) is 7.11 Å². The number of nitrogens with zero attached hydrogens (tertiary/aromatic N) is 1. The molecule has 16 heavy (non-hydrogen) atoms. The fraction of sp³-hybridized carbons (Fsp3) is 0.500. The van der Waals surface area contributed by atoms with Crippen LogP contribution in [0, 0.1) is 0 Å². The highest BCUT2D eigenvalue weighted by molar-refractivity contribution is 5.91. The molecule has 0 spiro atoms. The summed E-state index contributed by atoms with van der Waals surface area (Å²) in [5.74, 6) is -0.582. The summed E-state index contributed by atoms with van der Waals surface area (Å²) in [7, 11) is 1.33. The van der Waals surface area contributed by atoms with E-state index in [1.807, 2.05) is 0 Å². The van der Waals surface area contributed by atoms with Crippen LogP contribution in [0.5, 0.6) is 0 Å². The van der Waals surface area contributed by atoms with Gasteiger partial charge >= 0.3 is 5.97 Å². The molecule has 0 aliphatic carbocycles. The molecule has 0 radical (unpaired) electrons. The molecule has 0 aromatic heterocycles. The van der Waals surface area contributed by atoms with Gasteiger partial charge in [0.25, 0.3) is 0 Å². The van der Waals surface area contributed by atoms with Crippen molar-refractivity contribution >= 4 is 11.9 Å². The third-order valence-electron chi connectivity index (χ3n) is 2.84. The second-order valence-electron chi connectivity index (χ2n) is 3.74. The number of hydrogen-bond donors (Lipinski definition) is 0. The van der Waals surface area contributed by atoms with Crippen LogP contribution in [0.15, 0.2) is 25.3 Å². The van der Waals surface area contributed by atoms with Crippen molar-refractivity contribution < 1.29 is 14.3 Å². The van der Waals surface area contributed by atoms with Gasteiger partial charge in [-0.2, -0.15) is 0 Å². The molecule has 0 saturated carbocycles. The molecular formula is C12H17NO3. The van der Waals surface area contributed by atoms with Crippen LogP contribution in [0.4, 0.5) is 0 Å². The first-order chi connectivity index (χ1) is 7.65. The molecule has 1 aliphatic heterocycles. The summed E-state index contributed by atoms with van der Waals surface area (Å²) in [5, 5.41) is 0. The molecule has 4 heteroatoms. The van der Waals surface area contributed by atoms with Crippen molar-refractivity contribution in [1.82, 2.24) is 4.90 Å². The summed E-state index contributed by atoms with van der Waals surface area (Å²) < 4.78 is 4.69. The number of likely N-dealkylation sites (tertiary alicyclic amines) is 1. The second kappa shape index (κ2) is 5.49. The highest BCUT2D eigenvalue weighted by Crippen LogP contribution is 2.27. The Bertz CT molecular complexity index is 311. The molecule has 1 fully saturated rings. The van der Waals surface area contributed by atoms with E-state index in [4.69, 9.17) is 4.74 Å². The highest BCUT2D eigenvalue weighted by atomic mass is 16.5. The number of carbonyl (C=O) groups excluding carboxylic acids is 2. The van der Waals surface area contributed by atoms with Gasteiger partial charge in [0.2, 0.25) is 5.91 Å². The molecule has 1 aliphatic rings. The number of esters is 1. The van der Waals surface area contributed by atoms with Crippen molar-refractivity contribution in [2.24, 2.45) is 0 Å². The van der Waals surface area contributed by atoms with Gasteiger partial charge < -0.3 is 9.64 Å². The molecule has 88 valence electrons. The van der Waals surface area contributed by atoms with E-state index in [9.17, 15) is 9.59 Å². The zero-order valence-corrected chi connectivity index (χ0v) is 9.52. The number of methoxy groups -OCH3 is 1. The van der Waals surface area contributed by atoms with E-state index in [0.717, 1.165) is 6.42 Å². The van der Waals surface area contributed by atoms with Gasteiger partial charge in [-0.1, -0.05) is 12.7 Å². The smallest absolute Gasteiger partial charge is 0.328 e. The van der Waals surface area contributed by atoms with Crippen LogP contribution < -0.4 is 0 Å². The predicted molar refractivity (Wildman–Crippen MR) is 60.7 cm³/mol. The quantitative estimate of drug-likeness (QED) is 0.410. The maximum absolute atomic E-state index is 11.7. The number of rotatable bonds is 4. The summed E-state index contributed by atoms with van der Waals surface area (Å²) in [6.07, 6.45) is 5.12. The van der Waals surface area contributed by atoms with Gasteiger partial charge in [0, 0.05) is 6.04 Å². The first-order valence-corrected chi connectivity index (χ1v) is 5.29. The summed E-state index contributed by atoms with van der Waals surface area (Å²) >= 11 is 0. The maximum Gasteiger partial charge on any atom is 0.328 e. The van der Waals surface area contributed by atoms with Crippen LogP contribution in [-0.2, 0) is 14.3 Å². The standard InChI is InChI=1S/C12H17NO3/c1-4-6-9-7-8-10(12(15)16-3)13(9)11(14)5-2/h4-5,9-10H,1-2,6-8H2,3H3/t9-,10-/m0/s1. The molecule has 1 saturated heterocycles. The van der Waals surface area contributed by atoms with Gasteiger partial charge in [-0.15, -0.1) is 6.58 Å². The molecule has 1 rings (SSSR count). The van der Waals surface area contributed by atoms with E-state index in [0.29, 0.717) is 12.8 Å². The van der Waals surface area contributed by atoms with E-state index in [1.54, 1.807) is 11.0 Å². The van der Waals surface area contributed by atoms with Gasteiger partial charge in [0.15, 0.2) is 0 Å². The number of carbonyl (C=O) groups is 2. The molecule has 2 atom stereocenters. The summed E-state index contributed by atoms with van der Waals surface area (Å²) in [5.41, 5.74) is 0. The van der Waals surface area contributed by atoms with Crippen molar-refractivity contribution in [2.45, 2.75) is 31.3 Å². The van der Waals surface area contributed by atoms with Gasteiger partial charge in [-0.05, 0) is 25.3 Å². The lowest BCUT2D eigenvalue weighted by Crippen LogP contribution is -2.44. The van der Waals surface area contributed by atoms with E-state index < -0.39 is 6.04 Å². The van der Waals surface area contributed by atoms with Gasteiger partial charge in [-0.3, -0.25) is 4.79 Å². The lowest BCUT2D eigenvalue weighted by atomic mass is 10.1. The molecule has 0 bridgehead atoms. The average Bonchev–Trinajstić information content (AvgIpc) is 2.71. The topological polar surface area (TPSA) is 46.6 Å². The van der Waals surface area contributed by atoms with Crippen molar-refractivity contribution in [2.75, 3.05) is 7.11 Å². The molecule has 0 aromatic rings. The van der Waals surface area contributed by atoms with Crippen LogP contribution in [0.25, 0.3) is 0 Å². The van der Waals surface area contributed by atoms with Crippen LogP contribution >= 0.6 is 0 Å². The first kappa shape index (κ1) is 12.5. The number of amides is 1. The Labute approximate surface area is 95.6 Å². The minimum atomic E-state index is -0.472. The molecule has 0 unspecified atom stereocenters. The van der Waals surface area contributed by atoms with Crippen LogP contribution in [0.2, 0.25) is 0 Å². The largest absolute Gasteiger partial charge is 0.467 e. The lowest BCUT2D eigenvalue weighted by Gasteiger charge is -2.27. The Morgan fingerprint density at radius 1 is 1.44 bits per heavy atom. The Morgan fingerprint density at radius 3 is 2.62 bits per heavy atom. The van der Waals surface area contributed by atoms with Crippen molar-refractivity contribution in [1.29, 1.82) is 0 Å². The highest BCUT2D eigenvalue weighted by Gasteiger charge is 2.39. The van der Waals surface area contributed by atoms with Crippen LogP contribution in [-0.4, -0.2) is 36.0 Å². The summed E-state index contributed by atoms with van der Waals surface area (Å²) in [6, 6.07) is -0.437. The summed E-state index contributed by atoms with van der Waals surface area (Å²) in [4.78, 5) is 24.8. The fourth-order valence-electron chi connectivity index (χ4n) is 2.11. The minimum absolute atomic E-state index is 0.0344. The molecule has 1 heterocycles. The Balaban J connectivity index is 2.86. The normalized spacial score (nSPS) is 23.9. The van der Waals surface area contributed by atoms with Crippen LogP contribution in [0.1, 0.15) is 19.3 Å². The van der Waals surface area contributed by atoms with E-state index >= 15 is 0 Å². The Hall–Kier alpha value is -1.58. The van der Waals surface area contributed by atoms with Crippen molar-refractivity contribution in [3.8, 4) is 0 Å². The molecule has 0 N–H and O–H groups in total. The molecule has 4 nitrogen and oxygen atoms in total. The monoisotopic (exact) mass is 223 g/mol. The molecular weight excluding hydrogens is 206 g/mol. The second-order valence-corrected chi connectivity index (χ2v) is 3.74. The number of ether oxygens (including phenoxy) is 1. The summed E-state index contributed by atoms with van der Waals surface area (Å²) in [6.45, 7) is 7.10. The third-order valence-corrected chi connectivity index (χ3v) is 2.84. The Kier molecular flexibility index (Phi) is 4.28. The van der Waals surface area contributed by atoms with Gasteiger partial charge in [-0.25, -0.2) is 4.79 Å². The predicted octanol–water partition coefficient (Wildman–Crippen LogP) is 1.28. The molecule has 0 aromatic carbocycles. The van der Waals surface area contributed by atoms with Gasteiger partial charge in [0.1, 0.15) is 6.04 Å². The van der Waals surface area contributed by atoms with Crippen molar-refractivity contribution in [3.05, 3.63) is 25.3 Å². The first-order valence-electron chi connectivity index (χ1n) is 5.29. The zero-order chi connectivity index (χ0) is 12.1. The lowest BCUT2D eigenvalue weighted by molar-refractivity contribution is -0.150. The van der Waals surface area contributed by atoms with E-state index in [2.05, 4.69) is 13.2 Å². The minimum Gasteiger partial charge on any atom is -0.467 e. The zero-order valence-electron chi connectivity index (χ0n) is 9.52. The van der Waals surface area contributed by atoms with E-state index in [1.165, 1.54) is 13.2 Å². The SMILES string of the molecule is C=CC[C@H]1CC[C@@H](C(=O)OC)N1C(=O)C=C. The van der Waals surface area contributed by atoms with E-state index in [-0.39, 0.29) is 17.9 Å². The molecule has 1 amide bonds. The third kappa shape index (κ3) is 2.32. The number of hydrogen-bond acceptors (Lipinski definition) is 3. The maximum atomic E-state index is 11.7. The van der Waals surface area contributed by atoms with Crippen LogP contribution in [0.3, 0.4) is 0 Å². The Morgan fingerprint density at radius 2 is 2.12 bits per heavy atom. The fourth-order valence-corrected chi connectivity index (χ4v) is 2.11.